The second kappa shape index (κ2) is 10.3. The SMILES string of the molecule is CC(=O)c1cc2c(s1)SCC1C(C(=O)N3CCN(Cc4ccc(-c5ccc(Cl)cc5)cc4)CC3)=NNC21. The van der Waals surface area contributed by atoms with Crippen LogP contribution in [0.5, 0.6) is 0 Å². The van der Waals surface area contributed by atoms with E-state index in [9.17, 15) is 9.59 Å². The monoisotopic (exact) mass is 550 g/mol. The molecular formula is C28H27ClN4O2S2. The van der Waals surface area contributed by atoms with Crippen molar-refractivity contribution in [1.82, 2.24) is 15.2 Å². The number of halogens is 1. The summed E-state index contributed by atoms with van der Waals surface area (Å²) in [5.41, 5.74) is 8.53. The fraction of sp³-hybridized carbons (Fsp3) is 0.321. The van der Waals surface area contributed by atoms with Crippen molar-refractivity contribution < 1.29 is 9.59 Å². The molecule has 0 spiro atoms. The molecule has 6 rings (SSSR count). The molecule has 9 heteroatoms. The average Bonchev–Trinajstić information content (AvgIpc) is 3.54. The maximum atomic E-state index is 13.4. The molecule has 1 amide bonds. The number of thioether (sulfide) groups is 1. The van der Waals surface area contributed by atoms with Crippen LogP contribution in [0.15, 0.2) is 63.9 Å². The van der Waals surface area contributed by atoms with Crippen molar-refractivity contribution in [3.8, 4) is 11.1 Å². The minimum absolute atomic E-state index is 0.0170. The van der Waals surface area contributed by atoms with E-state index in [0.29, 0.717) is 18.8 Å². The molecule has 3 aliphatic heterocycles. The van der Waals surface area contributed by atoms with Crippen LogP contribution in [-0.4, -0.2) is 59.1 Å². The first-order valence-corrected chi connectivity index (χ1v) is 14.6. The number of nitrogens with one attached hydrogen (secondary N) is 1. The zero-order valence-electron chi connectivity index (χ0n) is 20.4. The molecule has 1 saturated heterocycles. The van der Waals surface area contributed by atoms with E-state index in [4.69, 9.17) is 11.6 Å². The number of Topliss-reactive ketones (excluding diaryl/α,β-unsaturated/α-hetero) is 1. The molecule has 4 heterocycles. The Bertz CT molecular complexity index is 1360. The molecule has 1 N–H and O–H groups in total. The van der Waals surface area contributed by atoms with Gasteiger partial charge in [-0.3, -0.25) is 14.5 Å². The molecule has 0 radical (unpaired) electrons. The van der Waals surface area contributed by atoms with Gasteiger partial charge in [-0.05, 0) is 41.8 Å². The Balaban J connectivity index is 1.04. The first kappa shape index (κ1) is 24.7. The third-order valence-corrected chi connectivity index (χ3v) is 10.2. The van der Waals surface area contributed by atoms with Gasteiger partial charge >= 0.3 is 0 Å². The van der Waals surface area contributed by atoms with E-state index >= 15 is 0 Å². The van der Waals surface area contributed by atoms with Gasteiger partial charge < -0.3 is 10.3 Å². The number of ketones is 1. The molecule has 0 aliphatic carbocycles. The molecule has 2 atom stereocenters. The largest absolute Gasteiger partial charge is 0.335 e. The van der Waals surface area contributed by atoms with Crippen molar-refractivity contribution in [1.29, 1.82) is 0 Å². The number of thiophene rings is 1. The number of benzene rings is 2. The Morgan fingerprint density at radius 2 is 1.70 bits per heavy atom. The predicted molar refractivity (Wildman–Crippen MR) is 151 cm³/mol. The van der Waals surface area contributed by atoms with Gasteiger partial charge in [0.1, 0.15) is 5.71 Å². The molecule has 3 aromatic rings. The Morgan fingerprint density at radius 3 is 2.38 bits per heavy atom. The van der Waals surface area contributed by atoms with Gasteiger partial charge in [0.2, 0.25) is 0 Å². The van der Waals surface area contributed by atoms with Crippen LogP contribution in [0.3, 0.4) is 0 Å². The fourth-order valence-corrected chi connectivity index (χ4v) is 7.87. The highest BCUT2D eigenvalue weighted by Gasteiger charge is 2.43. The zero-order valence-corrected chi connectivity index (χ0v) is 22.8. The summed E-state index contributed by atoms with van der Waals surface area (Å²) in [4.78, 5) is 30.4. The second-order valence-corrected chi connectivity index (χ2v) is 12.5. The van der Waals surface area contributed by atoms with Crippen LogP contribution in [-0.2, 0) is 11.3 Å². The molecule has 190 valence electrons. The van der Waals surface area contributed by atoms with Gasteiger partial charge in [0.15, 0.2) is 5.78 Å². The number of amides is 1. The third kappa shape index (κ3) is 4.95. The summed E-state index contributed by atoms with van der Waals surface area (Å²) in [6, 6.07) is 18.5. The Morgan fingerprint density at radius 1 is 1.03 bits per heavy atom. The summed E-state index contributed by atoms with van der Waals surface area (Å²) in [7, 11) is 0. The van der Waals surface area contributed by atoms with E-state index in [1.165, 1.54) is 11.1 Å². The van der Waals surface area contributed by atoms with Crippen molar-refractivity contribution in [2.24, 2.45) is 11.0 Å². The number of carbonyl (C=O) groups is 2. The van der Waals surface area contributed by atoms with E-state index in [1.54, 1.807) is 30.0 Å². The molecular weight excluding hydrogens is 524 g/mol. The standard InChI is InChI=1S/C28H27ClN4O2S2/c1-17(34)24-14-22-25-23(16-36-28(22)37-24)26(31-30-25)27(35)33-12-10-32(11-13-33)15-18-2-4-19(5-3-18)20-6-8-21(29)9-7-20/h2-9,14,23,25,30H,10-13,15-16H2,1H3. The number of hydrazone groups is 1. The number of fused-ring (bicyclic) bond motifs is 3. The Kier molecular flexibility index (Phi) is 6.84. The molecule has 3 aliphatic rings. The first-order valence-electron chi connectivity index (χ1n) is 12.4. The van der Waals surface area contributed by atoms with E-state index < -0.39 is 0 Å². The summed E-state index contributed by atoms with van der Waals surface area (Å²) < 4.78 is 1.16. The average molecular weight is 551 g/mol. The fourth-order valence-electron chi connectivity index (χ4n) is 5.17. The smallest absolute Gasteiger partial charge is 0.270 e. The van der Waals surface area contributed by atoms with E-state index in [0.717, 1.165) is 50.6 Å². The number of hydrogen-bond donors (Lipinski definition) is 1. The van der Waals surface area contributed by atoms with Crippen molar-refractivity contribution in [2.75, 3.05) is 31.9 Å². The predicted octanol–water partition coefficient (Wildman–Crippen LogP) is 5.34. The third-order valence-electron chi connectivity index (χ3n) is 7.29. The summed E-state index contributed by atoms with van der Waals surface area (Å²) in [5, 5.41) is 5.24. The van der Waals surface area contributed by atoms with Gasteiger partial charge in [-0.15, -0.1) is 23.1 Å². The summed E-state index contributed by atoms with van der Waals surface area (Å²) in [6.45, 7) is 5.54. The van der Waals surface area contributed by atoms with Crippen LogP contribution in [0.4, 0.5) is 0 Å². The lowest BCUT2D eigenvalue weighted by Gasteiger charge is -2.35. The highest BCUT2D eigenvalue weighted by molar-refractivity contribution is 8.01. The minimum Gasteiger partial charge on any atom is -0.335 e. The number of piperazine rings is 1. The minimum atomic E-state index is -0.0170. The number of carbonyl (C=O) groups excluding carboxylic acids is 2. The molecule has 1 fully saturated rings. The number of rotatable bonds is 5. The molecule has 1 aromatic heterocycles. The Hall–Kier alpha value is -2.65. The topological polar surface area (TPSA) is 65.0 Å². The lowest BCUT2D eigenvalue weighted by atomic mass is 9.92. The second-order valence-electron chi connectivity index (χ2n) is 9.70. The van der Waals surface area contributed by atoms with Crippen LogP contribution in [0.25, 0.3) is 11.1 Å². The highest BCUT2D eigenvalue weighted by Crippen LogP contribution is 2.46. The maximum absolute atomic E-state index is 13.4. The van der Waals surface area contributed by atoms with Gasteiger partial charge in [-0.1, -0.05) is 48.0 Å². The molecule has 0 bridgehead atoms. The van der Waals surface area contributed by atoms with E-state index in [1.807, 2.05) is 35.2 Å². The molecule has 0 saturated carbocycles. The molecule has 37 heavy (non-hydrogen) atoms. The van der Waals surface area contributed by atoms with Crippen molar-refractivity contribution in [3.63, 3.8) is 0 Å². The molecule has 6 nitrogen and oxygen atoms in total. The maximum Gasteiger partial charge on any atom is 0.270 e. The Labute approximate surface area is 229 Å². The van der Waals surface area contributed by atoms with E-state index in [-0.39, 0.29) is 23.7 Å². The van der Waals surface area contributed by atoms with Crippen LogP contribution in [0.2, 0.25) is 5.02 Å². The lowest BCUT2D eigenvalue weighted by molar-refractivity contribution is -0.126. The lowest BCUT2D eigenvalue weighted by Crippen LogP contribution is -2.51. The van der Waals surface area contributed by atoms with Crippen LogP contribution in [0, 0.1) is 5.92 Å². The molecule has 2 unspecified atom stereocenters. The van der Waals surface area contributed by atoms with Gasteiger partial charge in [-0.2, -0.15) is 5.10 Å². The van der Waals surface area contributed by atoms with Gasteiger partial charge in [0, 0.05) is 55.0 Å². The van der Waals surface area contributed by atoms with Crippen molar-refractivity contribution >= 4 is 52.1 Å². The number of hydrogen-bond acceptors (Lipinski definition) is 7. The first-order chi connectivity index (χ1) is 18.0. The zero-order chi connectivity index (χ0) is 25.5. The van der Waals surface area contributed by atoms with E-state index in [2.05, 4.69) is 39.7 Å². The van der Waals surface area contributed by atoms with Gasteiger partial charge in [0.05, 0.1) is 15.1 Å². The highest BCUT2D eigenvalue weighted by atomic mass is 35.5. The van der Waals surface area contributed by atoms with Crippen molar-refractivity contribution in [2.45, 2.75) is 23.7 Å². The van der Waals surface area contributed by atoms with Crippen molar-refractivity contribution in [3.05, 3.63) is 75.6 Å². The number of nitrogens with zero attached hydrogens (tertiary/aromatic N) is 3. The van der Waals surface area contributed by atoms with Gasteiger partial charge in [0.25, 0.3) is 5.91 Å². The van der Waals surface area contributed by atoms with Crippen LogP contribution in [0.1, 0.15) is 33.8 Å². The quantitative estimate of drug-likeness (QED) is 0.435. The van der Waals surface area contributed by atoms with Gasteiger partial charge in [-0.25, -0.2) is 0 Å². The molecule has 2 aromatic carbocycles. The summed E-state index contributed by atoms with van der Waals surface area (Å²) in [6.07, 6.45) is 0. The van der Waals surface area contributed by atoms with Crippen LogP contribution >= 0.6 is 34.7 Å². The summed E-state index contributed by atoms with van der Waals surface area (Å²) >= 11 is 9.29. The van der Waals surface area contributed by atoms with Crippen LogP contribution < -0.4 is 5.43 Å². The normalized spacial score (nSPS) is 21.1. The summed E-state index contributed by atoms with van der Waals surface area (Å²) in [5.74, 6) is 0.968.